The maximum atomic E-state index is 4.08. The molecule has 1 fully saturated rings. The number of rotatable bonds is 10. The van der Waals surface area contributed by atoms with Gasteiger partial charge in [-0.25, -0.2) is 0 Å². The summed E-state index contributed by atoms with van der Waals surface area (Å²) < 4.78 is 0. The normalized spacial score (nSPS) is 22.5. The molecule has 1 saturated heterocycles. The fourth-order valence-electron chi connectivity index (χ4n) is 10.8. The minimum atomic E-state index is 0. The van der Waals surface area contributed by atoms with E-state index in [4.69, 9.17) is 0 Å². The van der Waals surface area contributed by atoms with Gasteiger partial charge in [0, 0.05) is 85.7 Å². The van der Waals surface area contributed by atoms with Crippen LogP contribution in [0.3, 0.4) is 0 Å². The Bertz CT molecular complexity index is 1590. The Morgan fingerprint density at radius 2 is 1.02 bits per heavy atom. The lowest BCUT2D eigenvalue weighted by Crippen LogP contribution is -2.40. The van der Waals surface area contributed by atoms with Gasteiger partial charge in [0.2, 0.25) is 0 Å². The third-order valence-corrected chi connectivity index (χ3v) is 14.3. The average molecular weight is 913 g/mol. The van der Waals surface area contributed by atoms with Crippen LogP contribution in [0, 0.1) is 29.6 Å². The molecule has 2 aromatic carbocycles. The van der Waals surface area contributed by atoms with Gasteiger partial charge in [-0.15, -0.1) is 0 Å². The van der Waals surface area contributed by atoms with Crippen LogP contribution in [-0.2, 0) is 13.0 Å². The summed E-state index contributed by atoms with van der Waals surface area (Å²) >= 11 is 0. The summed E-state index contributed by atoms with van der Waals surface area (Å²) in [5.74, 6) is 3.69. The highest BCUT2D eigenvalue weighted by molar-refractivity contribution is 5.60. The number of nitrogens with zero attached hydrogens (tertiary/aromatic N) is 5. The molecule has 0 amide bonds. The molecule has 2 aromatic rings. The first kappa shape index (κ1) is 61.2. The molecule has 0 saturated carbocycles. The van der Waals surface area contributed by atoms with Crippen molar-refractivity contribution >= 4 is 5.69 Å². The molecule has 7 rings (SSSR count). The molecular formula is C61H109N5. The summed E-state index contributed by atoms with van der Waals surface area (Å²) in [4.78, 5) is 12.7. The Balaban J connectivity index is 0.000000412. The Labute approximate surface area is 412 Å². The van der Waals surface area contributed by atoms with Gasteiger partial charge in [-0.1, -0.05) is 157 Å². The fourth-order valence-corrected chi connectivity index (χ4v) is 10.8. The van der Waals surface area contributed by atoms with E-state index in [9.17, 15) is 0 Å². The first-order valence-electron chi connectivity index (χ1n) is 26.0. The van der Waals surface area contributed by atoms with Gasteiger partial charge in [-0.2, -0.15) is 0 Å². The standard InChI is InChI=1S/2C14H21N.C11H21N.2C10H19N.2CH4/c1-10(2)14-13-8-6-5-7-12(13)9-15(14)11(3)4;1-10(2)14-9-12-7-5-6-8-13(12)15(14)11(3)4;1-8(2)11-6-10(5)7-12(11)9(3)4;2*1-8(2)10-6-5-7-11(10)9(3)4;;/h2*5-8,10-11,14H,9H2,1-4H3;8-9,11H,5-7H2,1-4H3;5,7-10H,6H2,1-4H3;5-6,8-10H,7H2,1-4H3;2*1H4/t14-;;11-;10-;;;/m1.00.../s1. The van der Waals surface area contributed by atoms with Gasteiger partial charge >= 0.3 is 0 Å². The quantitative estimate of drug-likeness (QED) is 0.220. The predicted molar refractivity (Wildman–Crippen MR) is 298 cm³/mol. The van der Waals surface area contributed by atoms with Crippen molar-refractivity contribution in [3.05, 3.63) is 102 Å². The van der Waals surface area contributed by atoms with Crippen LogP contribution < -0.4 is 4.90 Å². The van der Waals surface area contributed by atoms with Crippen LogP contribution in [-0.4, -0.2) is 87.1 Å². The smallest absolute Gasteiger partial charge is 0.0404 e. The lowest BCUT2D eigenvalue weighted by Gasteiger charge is -2.34. The van der Waals surface area contributed by atoms with Gasteiger partial charge in [0.1, 0.15) is 0 Å². The molecule has 0 radical (unpaired) electrons. The molecule has 2 unspecified atom stereocenters. The number of benzene rings is 2. The summed E-state index contributed by atoms with van der Waals surface area (Å²) in [5, 5.41) is 0. The zero-order valence-corrected chi connectivity index (χ0v) is 45.3. The van der Waals surface area contributed by atoms with Gasteiger partial charge in [0.25, 0.3) is 0 Å². The zero-order valence-electron chi connectivity index (χ0n) is 45.3. The Morgan fingerprint density at radius 1 is 0.485 bits per heavy atom. The summed E-state index contributed by atoms with van der Waals surface area (Å²) in [6.07, 6.45) is 12.8. The van der Waals surface area contributed by atoms with Crippen molar-refractivity contribution in [2.45, 2.75) is 240 Å². The molecule has 0 N–H and O–H groups in total. The third kappa shape index (κ3) is 16.7. The maximum Gasteiger partial charge on any atom is 0.0404 e. The molecule has 0 aliphatic carbocycles. The third-order valence-electron chi connectivity index (χ3n) is 14.3. The molecule has 0 bridgehead atoms. The number of hydrogen-bond donors (Lipinski definition) is 0. The van der Waals surface area contributed by atoms with Crippen LogP contribution in [0.25, 0.3) is 0 Å². The van der Waals surface area contributed by atoms with Gasteiger partial charge in [-0.05, 0) is 147 Å². The minimum absolute atomic E-state index is 0. The Kier molecular flexibility index (Phi) is 26.5. The van der Waals surface area contributed by atoms with Crippen LogP contribution in [0.15, 0.2) is 85.1 Å². The molecule has 0 aromatic heterocycles. The van der Waals surface area contributed by atoms with E-state index < -0.39 is 0 Å². The molecule has 5 atom stereocenters. The monoisotopic (exact) mass is 912 g/mol. The van der Waals surface area contributed by atoms with Crippen LogP contribution in [0.5, 0.6) is 0 Å². The SMILES string of the molecule is C.C.C=C1C[C@@H](C(C)C)N(C(C)C)C1.CC(C)C1C=CCN1C(C)C.CC(C)C1Cc2ccccc2N1C(C)C.CC(C)[C@@H]1CC=CN1C(C)C.CC(C)[C@@H]1c2ccccc2CN1C(C)C. The highest BCUT2D eigenvalue weighted by Gasteiger charge is 2.34. The summed E-state index contributed by atoms with van der Waals surface area (Å²) in [6.45, 7) is 53.3. The van der Waals surface area contributed by atoms with Gasteiger partial charge < -0.3 is 9.80 Å². The van der Waals surface area contributed by atoms with Crippen LogP contribution in [0.4, 0.5) is 5.69 Å². The summed E-state index contributed by atoms with van der Waals surface area (Å²) in [6, 6.07) is 24.4. The van der Waals surface area contributed by atoms with E-state index in [1.807, 2.05) is 0 Å². The van der Waals surface area contributed by atoms with E-state index in [0.717, 1.165) is 55.4 Å². The van der Waals surface area contributed by atoms with E-state index in [2.05, 4.69) is 243 Å². The lowest BCUT2D eigenvalue weighted by atomic mass is 9.95. The van der Waals surface area contributed by atoms with Crippen molar-refractivity contribution in [2.75, 3.05) is 18.0 Å². The number of anilines is 1. The minimum Gasteiger partial charge on any atom is -0.372 e. The predicted octanol–water partition coefficient (Wildman–Crippen LogP) is 16.0. The lowest BCUT2D eigenvalue weighted by molar-refractivity contribution is 0.132. The molecule has 5 heteroatoms. The van der Waals surface area contributed by atoms with Gasteiger partial charge in [-0.3, -0.25) is 14.7 Å². The largest absolute Gasteiger partial charge is 0.372 e. The fraction of sp³-hybridized carbons (Fsp3) is 0.705. The Hall–Kier alpha value is -2.86. The molecule has 5 heterocycles. The second-order valence-corrected chi connectivity index (χ2v) is 22.8. The van der Waals surface area contributed by atoms with E-state index >= 15 is 0 Å². The molecule has 0 spiro atoms. The van der Waals surface area contributed by atoms with Crippen molar-refractivity contribution in [3.8, 4) is 0 Å². The van der Waals surface area contributed by atoms with Crippen molar-refractivity contribution in [2.24, 2.45) is 29.6 Å². The van der Waals surface area contributed by atoms with Crippen molar-refractivity contribution in [1.82, 2.24) is 19.6 Å². The number of para-hydroxylation sites is 1. The number of likely N-dealkylation sites (tertiary alicyclic amines) is 1. The second kappa shape index (κ2) is 28.6. The molecule has 5 aliphatic heterocycles. The van der Waals surface area contributed by atoms with E-state index in [0.29, 0.717) is 54.3 Å². The first-order chi connectivity index (χ1) is 30.0. The van der Waals surface area contributed by atoms with Crippen LogP contribution >= 0.6 is 0 Å². The first-order valence-corrected chi connectivity index (χ1v) is 26.0. The Morgan fingerprint density at radius 3 is 1.45 bits per heavy atom. The number of fused-ring (bicyclic) bond motifs is 2. The summed E-state index contributed by atoms with van der Waals surface area (Å²) in [5.41, 5.74) is 7.43. The van der Waals surface area contributed by atoms with Crippen LogP contribution in [0.2, 0.25) is 0 Å². The van der Waals surface area contributed by atoms with Crippen molar-refractivity contribution in [1.29, 1.82) is 0 Å². The highest BCUT2D eigenvalue weighted by atomic mass is 15.2. The van der Waals surface area contributed by atoms with Gasteiger partial charge in [0.05, 0.1) is 0 Å². The van der Waals surface area contributed by atoms with Gasteiger partial charge in [0.15, 0.2) is 0 Å². The second-order valence-electron chi connectivity index (χ2n) is 22.8. The van der Waals surface area contributed by atoms with Crippen LogP contribution in [0.1, 0.15) is 189 Å². The summed E-state index contributed by atoms with van der Waals surface area (Å²) in [7, 11) is 0. The molecule has 378 valence electrons. The van der Waals surface area contributed by atoms with E-state index in [1.54, 1.807) is 5.56 Å². The number of hydrogen-bond acceptors (Lipinski definition) is 5. The molecule has 5 aliphatic rings. The van der Waals surface area contributed by atoms with E-state index in [1.165, 1.54) is 41.6 Å². The zero-order chi connectivity index (χ0) is 48.2. The highest BCUT2D eigenvalue weighted by Crippen LogP contribution is 2.40. The molecule has 66 heavy (non-hydrogen) atoms. The van der Waals surface area contributed by atoms with Crippen molar-refractivity contribution < 1.29 is 0 Å². The van der Waals surface area contributed by atoms with Crippen molar-refractivity contribution in [3.63, 3.8) is 0 Å². The van der Waals surface area contributed by atoms with E-state index in [-0.39, 0.29) is 14.9 Å². The molecule has 5 nitrogen and oxygen atoms in total. The topological polar surface area (TPSA) is 16.2 Å². The maximum absolute atomic E-state index is 4.08. The molecular weight excluding hydrogens is 803 g/mol. The average Bonchev–Trinajstić information content (AvgIpc) is 4.06.